The molecule has 0 saturated heterocycles. The van der Waals surface area contributed by atoms with Gasteiger partial charge in [0.15, 0.2) is 5.69 Å². The summed E-state index contributed by atoms with van der Waals surface area (Å²) in [6.07, 6.45) is 8.33. The lowest BCUT2D eigenvalue weighted by Gasteiger charge is -2.34. The Kier molecular flexibility index (Phi) is 5.91. The van der Waals surface area contributed by atoms with Crippen LogP contribution in [0.4, 0.5) is 18.9 Å². The van der Waals surface area contributed by atoms with Crippen LogP contribution in [0.3, 0.4) is 0 Å². The van der Waals surface area contributed by atoms with E-state index in [2.05, 4.69) is 0 Å². The molecule has 1 unspecified atom stereocenters. The van der Waals surface area contributed by atoms with Gasteiger partial charge in [0.2, 0.25) is 0 Å². The highest BCUT2D eigenvalue weighted by Gasteiger charge is 2.61. The molecule has 1 atom stereocenters. The maximum atomic E-state index is 13.6. The maximum Gasteiger partial charge on any atom is 0.550 e. The molecule has 9 heteroatoms. The highest BCUT2D eigenvalue weighted by Crippen LogP contribution is 2.41. The van der Waals surface area contributed by atoms with Gasteiger partial charge in [0.05, 0.1) is 0 Å². The van der Waals surface area contributed by atoms with Crippen molar-refractivity contribution in [2.75, 3.05) is 13.1 Å². The number of nitrogens with zero attached hydrogens (tertiary/aromatic N) is 1. The first kappa shape index (κ1) is 22.6. The Morgan fingerprint density at radius 1 is 0.969 bits per heavy atom. The van der Waals surface area contributed by atoms with Crippen LogP contribution in [0.5, 0.6) is 11.5 Å². The van der Waals surface area contributed by atoms with E-state index in [1.165, 1.54) is 54.0 Å². The molecule has 0 bridgehead atoms. The molecular formula is C23H24F3N2O3S+. The molecule has 32 heavy (non-hydrogen) atoms. The topological polar surface area (TPSA) is 69.4 Å². The summed E-state index contributed by atoms with van der Waals surface area (Å²) in [4.78, 5) is 0. The first-order valence-electron chi connectivity index (χ1n) is 10.3. The van der Waals surface area contributed by atoms with Crippen LogP contribution in [0.15, 0.2) is 66.4 Å². The zero-order valence-corrected chi connectivity index (χ0v) is 18.1. The van der Waals surface area contributed by atoms with Crippen molar-refractivity contribution in [1.29, 1.82) is 0 Å². The Morgan fingerprint density at radius 3 is 2.28 bits per heavy atom. The molecule has 0 radical (unpaired) electrons. The number of ether oxygens (including phenoxy) is 1. The molecule has 0 aromatic heterocycles. The number of benzene rings is 2. The molecule has 4 rings (SSSR count). The van der Waals surface area contributed by atoms with Gasteiger partial charge in [-0.05, 0) is 67.2 Å². The second-order valence-electron chi connectivity index (χ2n) is 7.94. The van der Waals surface area contributed by atoms with Crippen molar-refractivity contribution < 1.29 is 26.3 Å². The van der Waals surface area contributed by atoms with Crippen LogP contribution in [0.2, 0.25) is 0 Å². The van der Waals surface area contributed by atoms with Crippen LogP contribution in [-0.4, -0.2) is 27.0 Å². The Labute approximate surface area is 185 Å². The van der Waals surface area contributed by atoms with Gasteiger partial charge in [-0.3, -0.25) is 0 Å². The van der Waals surface area contributed by atoms with Crippen molar-refractivity contribution in [3.63, 3.8) is 0 Å². The minimum absolute atomic E-state index is 0.0459. The molecule has 2 aromatic rings. The second kappa shape index (κ2) is 8.38. The summed E-state index contributed by atoms with van der Waals surface area (Å²) in [6, 6.07) is 11.5. The monoisotopic (exact) mass is 465 g/mol. The van der Waals surface area contributed by atoms with Crippen LogP contribution in [0, 0.1) is 0 Å². The summed E-state index contributed by atoms with van der Waals surface area (Å²) < 4.78 is 70.4. The van der Waals surface area contributed by atoms with Crippen LogP contribution in [0.25, 0.3) is 0 Å². The van der Waals surface area contributed by atoms with Gasteiger partial charge in [-0.25, -0.2) is 0 Å². The Bertz CT molecular complexity index is 1170. The zero-order valence-electron chi connectivity index (χ0n) is 17.3. The average molecular weight is 466 g/mol. The lowest BCUT2D eigenvalue weighted by Crippen LogP contribution is -2.56. The number of aryl methyl sites for hydroxylation is 2. The number of halogens is 3. The van der Waals surface area contributed by atoms with Crippen molar-refractivity contribution in [1.82, 2.24) is 3.89 Å². The Hall–Kier alpha value is -2.62. The van der Waals surface area contributed by atoms with Gasteiger partial charge >= 0.3 is 15.5 Å². The molecule has 5 nitrogen and oxygen atoms in total. The Balaban J connectivity index is 1.67. The molecule has 1 aliphatic carbocycles. The van der Waals surface area contributed by atoms with Crippen molar-refractivity contribution in [2.45, 2.75) is 31.2 Å². The fourth-order valence-corrected chi connectivity index (χ4v) is 5.52. The van der Waals surface area contributed by atoms with Crippen molar-refractivity contribution in [2.24, 2.45) is 5.73 Å². The minimum atomic E-state index is -5.63. The summed E-state index contributed by atoms with van der Waals surface area (Å²) in [5.74, 6) is 1.04. The molecule has 0 spiro atoms. The van der Waals surface area contributed by atoms with Crippen LogP contribution in [0.1, 0.15) is 24.0 Å². The van der Waals surface area contributed by atoms with Gasteiger partial charge < -0.3 is 10.5 Å². The highest BCUT2D eigenvalue weighted by atomic mass is 32.2. The predicted octanol–water partition coefficient (Wildman–Crippen LogP) is 4.93. The molecule has 0 saturated carbocycles. The number of nitrogens with two attached hydrogens (primary N) is 1. The first-order chi connectivity index (χ1) is 15.2. The van der Waals surface area contributed by atoms with Crippen molar-refractivity contribution in [3.05, 3.63) is 77.5 Å². The normalized spacial score (nSPS) is 21.1. The third-order valence-electron chi connectivity index (χ3n) is 5.87. The van der Waals surface area contributed by atoms with Crippen molar-refractivity contribution in [3.8, 4) is 11.5 Å². The number of quaternary nitrogens is 1. The molecule has 0 fully saturated rings. The average Bonchev–Trinajstić information content (AvgIpc) is 2.78. The summed E-state index contributed by atoms with van der Waals surface area (Å²) in [5.41, 5.74) is 2.96. The molecule has 0 amide bonds. The molecule has 2 aromatic carbocycles. The lowest BCUT2D eigenvalue weighted by molar-refractivity contribution is -0.0473. The number of alkyl halides is 3. The number of fused-ring (bicyclic) bond motifs is 1. The third-order valence-corrected chi connectivity index (χ3v) is 7.78. The number of rotatable bonds is 5. The van der Waals surface area contributed by atoms with E-state index in [4.69, 9.17) is 10.5 Å². The molecule has 2 N–H and O–H groups in total. The maximum absolute atomic E-state index is 13.6. The van der Waals surface area contributed by atoms with Gasteiger partial charge in [0.1, 0.15) is 24.2 Å². The van der Waals surface area contributed by atoms with E-state index >= 15 is 0 Å². The highest BCUT2D eigenvalue weighted by molar-refractivity contribution is 7.91. The SMILES string of the molecule is NCC1=C[N+](c2ccc(Oc3ccc4c(c3)CCCC4)cc2)(S(=O)(=O)C(F)(F)F)CC=C1. The van der Waals surface area contributed by atoms with Crippen molar-refractivity contribution >= 4 is 15.7 Å². The molecule has 170 valence electrons. The number of sulfonamides is 1. The second-order valence-corrected chi connectivity index (χ2v) is 10.0. The van der Waals surface area contributed by atoms with Gasteiger partial charge in [-0.1, -0.05) is 12.1 Å². The molecule has 1 heterocycles. The van der Waals surface area contributed by atoms with Crippen LogP contribution < -0.4 is 14.4 Å². The molecular weight excluding hydrogens is 441 g/mol. The van der Waals surface area contributed by atoms with Crippen LogP contribution >= 0.6 is 0 Å². The number of hydrogen-bond acceptors (Lipinski definition) is 4. The van der Waals surface area contributed by atoms with Gasteiger partial charge in [0, 0.05) is 24.3 Å². The smallest absolute Gasteiger partial charge is 0.457 e. The van der Waals surface area contributed by atoms with Gasteiger partial charge in [0.25, 0.3) is 0 Å². The molecule has 2 aliphatic rings. The van der Waals surface area contributed by atoms with E-state index in [0.29, 0.717) is 17.1 Å². The van der Waals surface area contributed by atoms with E-state index < -0.39 is 26.0 Å². The number of hydrogen-bond donors (Lipinski definition) is 1. The first-order valence-corrected chi connectivity index (χ1v) is 11.8. The standard InChI is InChI=1S/C23H24F3N2O3S/c24-23(25,26)32(29,30)28(13-3-4-17(15-27)16-28)20-8-11-21(12-9-20)31-22-10-7-18-5-1-2-6-19(18)14-22/h3-4,7-12,14,16H,1-2,5-6,13,15,27H2/q+1. The van der Waals surface area contributed by atoms with Gasteiger partial charge in [-0.15, -0.1) is 3.89 Å². The zero-order chi connectivity index (χ0) is 23.0. The summed E-state index contributed by atoms with van der Waals surface area (Å²) in [7, 11) is -5.63. The van der Waals surface area contributed by atoms with Crippen LogP contribution in [-0.2, 0) is 22.9 Å². The predicted molar refractivity (Wildman–Crippen MR) is 118 cm³/mol. The molecule has 1 aliphatic heterocycles. The van der Waals surface area contributed by atoms with E-state index in [0.717, 1.165) is 25.5 Å². The van der Waals surface area contributed by atoms with E-state index in [1.54, 1.807) is 0 Å². The Morgan fingerprint density at radius 2 is 1.62 bits per heavy atom. The van der Waals surface area contributed by atoms with Gasteiger partial charge in [-0.2, -0.15) is 21.6 Å². The third kappa shape index (κ3) is 3.96. The lowest BCUT2D eigenvalue weighted by atomic mass is 9.92. The van der Waals surface area contributed by atoms with E-state index in [9.17, 15) is 21.6 Å². The fourth-order valence-electron chi connectivity index (χ4n) is 4.19. The van der Waals surface area contributed by atoms with E-state index in [1.807, 2.05) is 18.2 Å². The summed E-state index contributed by atoms with van der Waals surface area (Å²) in [6.45, 7) is -0.472. The quantitative estimate of drug-likeness (QED) is 0.636. The largest absolute Gasteiger partial charge is 0.550 e. The summed E-state index contributed by atoms with van der Waals surface area (Å²) in [5, 5.41) is 0. The minimum Gasteiger partial charge on any atom is -0.457 e. The fraction of sp³-hybridized carbons (Fsp3) is 0.304. The summed E-state index contributed by atoms with van der Waals surface area (Å²) >= 11 is 0. The van der Waals surface area contributed by atoms with E-state index in [-0.39, 0.29) is 12.2 Å².